The van der Waals surface area contributed by atoms with Crippen molar-refractivity contribution in [2.45, 2.75) is 56.3 Å². The van der Waals surface area contributed by atoms with Gasteiger partial charge in [0.05, 0.1) is 0 Å². The predicted molar refractivity (Wildman–Crippen MR) is 53.3 cm³/mol. The Labute approximate surface area is 83.8 Å². The van der Waals surface area contributed by atoms with Gasteiger partial charge in [0.25, 0.3) is 0 Å². The van der Waals surface area contributed by atoms with Crippen molar-refractivity contribution >= 4 is 16.9 Å². The zero-order chi connectivity index (χ0) is 9.57. The summed E-state index contributed by atoms with van der Waals surface area (Å²) in [6.45, 7) is 8.45. The first kappa shape index (κ1) is 10.6. The first-order chi connectivity index (χ1) is 5.26. The van der Waals surface area contributed by atoms with Crippen LogP contribution in [0, 0.1) is 0 Å². The number of hydrogen-bond donors (Lipinski definition) is 1. The van der Waals surface area contributed by atoms with E-state index in [1.807, 2.05) is 0 Å². The van der Waals surface area contributed by atoms with E-state index in [1.54, 1.807) is 16.9 Å². The van der Waals surface area contributed by atoms with E-state index in [0.29, 0.717) is 0 Å². The van der Waals surface area contributed by atoms with Crippen molar-refractivity contribution in [2.75, 3.05) is 0 Å². The fourth-order valence-electron chi connectivity index (χ4n) is 2.35. The molecule has 1 atom stereocenters. The second-order valence-electron chi connectivity index (χ2n) is 5.10. The Bertz CT molecular complexity index is 161. The van der Waals surface area contributed by atoms with Crippen molar-refractivity contribution in [2.24, 2.45) is 0 Å². The standard InChI is InChI=1S/C9H20AsNO/c1-8(2)5-7(10)6-9(3,4)11(8)12/h7,12H,5-6,10H2,1-4H3. The minimum absolute atomic E-state index is 0.0527. The minimum atomic E-state index is -0.0527. The summed E-state index contributed by atoms with van der Waals surface area (Å²) >= 11 is 1.80. The van der Waals surface area contributed by atoms with Gasteiger partial charge in [-0.2, -0.15) is 0 Å². The van der Waals surface area contributed by atoms with Gasteiger partial charge in [-0.25, -0.2) is 0 Å². The second kappa shape index (κ2) is 3.01. The molecule has 1 heterocycles. The molecule has 0 saturated carbocycles. The molecule has 0 aliphatic carbocycles. The van der Waals surface area contributed by atoms with E-state index >= 15 is 0 Å². The van der Waals surface area contributed by atoms with E-state index < -0.39 is 0 Å². The Kier molecular flexibility index (Phi) is 2.64. The van der Waals surface area contributed by atoms with Crippen LogP contribution in [-0.4, -0.2) is 38.2 Å². The van der Waals surface area contributed by atoms with Crippen molar-refractivity contribution in [3.8, 4) is 0 Å². The summed E-state index contributed by atoms with van der Waals surface area (Å²) in [6, 6.07) is 0. The van der Waals surface area contributed by atoms with Crippen LogP contribution in [0.4, 0.5) is 0 Å². The van der Waals surface area contributed by atoms with Gasteiger partial charge >= 0.3 is 83.4 Å². The quantitative estimate of drug-likeness (QED) is 0.640. The molecule has 1 fully saturated rings. The van der Waals surface area contributed by atoms with Gasteiger partial charge < -0.3 is 0 Å². The van der Waals surface area contributed by atoms with Gasteiger partial charge in [0, 0.05) is 0 Å². The number of nitrogens with zero attached hydrogens (tertiary/aromatic N) is 1. The van der Waals surface area contributed by atoms with E-state index in [4.69, 9.17) is 0 Å². The fraction of sp³-hybridized carbons (Fsp3) is 1.00. The van der Waals surface area contributed by atoms with Gasteiger partial charge in [-0.3, -0.25) is 0 Å². The molecular weight excluding hydrogens is 213 g/mol. The molecule has 3 heteroatoms. The summed E-state index contributed by atoms with van der Waals surface area (Å²) in [5.74, 6) is 0. The van der Waals surface area contributed by atoms with Crippen molar-refractivity contribution in [3.63, 3.8) is 0 Å². The summed E-state index contributed by atoms with van der Waals surface area (Å²) < 4.78 is 0.769. The normalized spacial score (nSPS) is 30.5. The van der Waals surface area contributed by atoms with Gasteiger partial charge in [0.1, 0.15) is 0 Å². The van der Waals surface area contributed by atoms with Gasteiger partial charge in [-0.1, -0.05) is 0 Å². The molecule has 0 radical (unpaired) electrons. The van der Waals surface area contributed by atoms with Crippen molar-refractivity contribution in [1.29, 1.82) is 0 Å². The molecule has 1 aliphatic rings. The maximum absolute atomic E-state index is 9.92. The van der Waals surface area contributed by atoms with Crippen LogP contribution in [0.15, 0.2) is 0 Å². The monoisotopic (exact) mass is 233 g/mol. The average Bonchev–Trinajstić information content (AvgIpc) is 1.80. The predicted octanol–water partition coefficient (Wildman–Crippen LogP) is 1.45. The van der Waals surface area contributed by atoms with Crippen molar-refractivity contribution < 1.29 is 5.21 Å². The molecule has 0 aromatic carbocycles. The molecule has 1 unspecified atom stereocenters. The Hall–Kier alpha value is 0.478. The fourth-order valence-corrected chi connectivity index (χ4v) is 4.77. The summed E-state index contributed by atoms with van der Waals surface area (Å²) in [7, 11) is 0. The SMILES string of the molecule is CC1(C)CC([AsH2])CC(C)(C)N1O. The van der Waals surface area contributed by atoms with Crippen molar-refractivity contribution in [1.82, 2.24) is 5.06 Å². The molecule has 2 nitrogen and oxygen atoms in total. The number of hydrogen-bond acceptors (Lipinski definition) is 2. The van der Waals surface area contributed by atoms with E-state index in [2.05, 4.69) is 27.7 Å². The van der Waals surface area contributed by atoms with E-state index in [9.17, 15) is 5.21 Å². The molecule has 12 heavy (non-hydrogen) atoms. The van der Waals surface area contributed by atoms with Crippen LogP contribution >= 0.6 is 0 Å². The Morgan fingerprint density at radius 1 is 1.17 bits per heavy atom. The third-order valence-electron chi connectivity index (χ3n) is 2.67. The third kappa shape index (κ3) is 1.86. The Balaban J connectivity index is 2.84. The van der Waals surface area contributed by atoms with Crippen LogP contribution in [0.3, 0.4) is 0 Å². The molecule has 0 aromatic heterocycles. The van der Waals surface area contributed by atoms with Crippen LogP contribution in [0.5, 0.6) is 0 Å². The van der Waals surface area contributed by atoms with Gasteiger partial charge in [-0.15, -0.1) is 0 Å². The summed E-state index contributed by atoms with van der Waals surface area (Å²) in [5, 5.41) is 11.5. The van der Waals surface area contributed by atoms with Gasteiger partial charge in [0.15, 0.2) is 0 Å². The molecule has 0 amide bonds. The molecule has 1 aliphatic heterocycles. The van der Waals surface area contributed by atoms with Gasteiger partial charge in [0.2, 0.25) is 0 Å². The zero-order valence-corrected chi connectivity index (χ0v) is 10.9. The summed E-state index contributed by atoms with van der Waals surface area (Å²) in [5.41, 5.74) is -0.105. The summed E-state index contributed by atoms with van der Waals surface area (Å²) in [4.78, 5) is 0. The molecule has 1 rings (SSSR count). The summed E-state index contributed by atoms with van der Waals surface area (Å²) in [6.07, 6.45) is 2.21. The van der Waals surface area contributed by atoms with Crippen LogP contribution in [0.1, 0.15) is 40.5 Å². The molecule has 0 spiro atoms. The van der Waals surface area contributed by atoms with Crippen LogP contribution in [-0.2, 0) is 0 Å². The average molecular weight is 233 g/mol. The number of hydroxylamine groups is 2. The van der Waals surface area contributed by atoms with E-state index in [1.165, 1.54) is 5.06 Å². The van der Waals surface area contributed by atoms with Crippen LogP contribution in [0.25, 0.3) is 0 Å². The number of rotatable bonds is 0. The first-order valence-corrected chi connectivity index (χ1v) is 5.90. The topological polar surface area (TPSA) is 23.5 Å². The molecule has 72 valence electrons. The zero-order valence-electron chi connectivity index (χ0n) is 8.46. The van der Waals surface area contributed by atoms with Crippen molar-refractivity contribution in [3.05, 3.63) is 0 Å². The number of piperidine rings is 1. The molecule has 0 aromatic rings. The Morgan fingerprint density at radius 3 is 1.83 bits per heavy atom. The third-order valence-corrected chi connectivity index (χ3v) is 3.66. The van der Waals surface area contributed by atoms with Crippen LogP contribution < -0.4 is 0 Å². The second-order valence-corrected chi connectivity index (χ2v) is 7.08. The molecule has 1 saturated heterocycles. The first-order valence-electron chi connectivity index (χ1n) is 4.50. The molecule has 1 N–H and O–H groups in total. The van der Waals surface area contributed by atoms with Gasteiger partial charge in [-0.05, 0) is 0 Å². The van der Waals surface area contributed by atoms with E-state index in [0.717, 1.165) is 17.5 Å². The maximum atomic E-state index is 9.92. The Morgan fingerprint density at radius 2 is 1.50 bits per heavy atom. The molecular formula is C9H20AsNO. The molecule has 0 bridgehead atoms. The van der Waals surface area contributed by atoms with Crippen LogP contribution in [0.2, 0.25) is 4.71 Å². The van der Waals surface area contributed by atoms with E-state index in [-0.39, 0.29) is 11.1 Å².